The Bertz CT molecular complexity index is 978. The smallest absolute Gasteiger partial charge is 0.258 e. The highest BCUT2D eigenvalue weighted by Crippen LogP contribution is 2.33. The highest BCUT2D eigenvalue weighted by Gasteiger charge is 2.26. The van der Waals surface area contributed by atoms with Crippen LogP contribution in [0.1, 0.15) is 34.3 Å². The van der Waals surface area contributed by atoms with E-state index in [0.717, 1.165) is 11.1 Å². The van der Waals surface area contributed by atoms with Gasteiger partial charge in [-0.15, -0.1) is 0 Å². The van der Waals surface area contributed by atoms with Crippen LogP contribution in [-0.4, -0.2) is 49.2 Å². The van der Waals surface area contributed by atoms with Crippen molar-refractivity contribution in [3.8, 4) is 17.2 Å². The summed E-state index contributed by atoms with van der Waals surface area (Å²) in [4.78, 5) is 26.9. The zero-order valence-electron chi connectivity index (χ0n) is 17.6. The molecule has 0 spiro atoms. The third-order valence-corrected chi connectivity index (χ3v) is 6.14. The zero-order valence-corrected chi connectivity index (χ0v) is 18.3. The van der Waals surface area contributed by atoms with Gasteiger partial charge in [-0.2, -0.15) is 0 Å². The van der Waals surface area contributed by atoms with Gasteiger partial charge < -0.3 is 24.4 Å². The third-order valence-electron chi connectivity index (χ3n) is 5.55. The highest BCUT2D eigenvalue weighted by atomic mass is 35.5. The number of likely N-dealkylation sites (tertiary alicyclic amines) is 1. The van der Waals surface area contributed by atoms with Crippen LogP contribution in [0.25, 0.3) is 0 Å². The molecule has 1 N–H and O–H groups in total. The predicted octanol–water partition coefficient (Wildman–Crippen LogP) is 3.49. The van der Waals surface area contributed by atoms with Crippen molar-refractivity contribution < 1.29 is 23.8 Å². The van der Waals surface area contributed by atoms with E-state index in [9.17, 15) is 9.59 Å². The molecule has 0 saturated carbocycles. The summed E-state index contributed by atoms with van der Waals surface area (Å²) in [5, 5.41) is 3.71. The maximum atomic E-state index is 12.8. The molecule has 0 aromatic heterocycles. The van der Waals surface area contributed by atoms with Crippen LogP contribution in [0.4, 0.5) is 0 Å². The van der Waals surface area contributed by atoms with Crippen LogP contribution in [0, 0.1) is 13.8 Å². The van der Waals surface area contributed by atoms with E-state index in [0.29, 0.717) is 53.8 Å². The van der Waals surface area contributed by atoms with Crippen molar-refractivity contribution in [2.45, 2.75) is 32.7 Å². The van der Waals surface area contributed by atoms with Gasteiger partial charge in [0, 0.05) is 29.7 Å². The predicted molar refractivity (Wildman–Crippen MR) is 116 cm³/mol. The molecule has 8 heteroatoms. The Morgan fingerprint density at radius 1 is 1.10 bits per heavy atom. The van der Waals surface area contributed by atoms with Gasteiger partial charge in [0.05, 0.1) is 0 Å². The van der Waals surface area contributed by atoms with Gasteiger partial charge in [-0.25, -0.2) is 0 Å². The van der Waals surface area contributed by atoms with Gasteiger partial charge in [-0.3, -0.25) is 9.59 Å². The fraction of sp³-hybridized carbons (Fsp3) is 0.391. The van der Waals surface area contributed by atoms with Gasteiger partial charge in [0.2, 0.25) is 6.79 Å². The molecule has 0 aliphatic carbocycles. The molecule has 7 nitrogen and oxygen atoms in total. The van der Waals surface area contributed by atoms with Crippen LogP contribution < -0.4 is 19.5 Å². The SMILES string of the molecule is Cc1cc(OCC(=O)NC2CCN(C(=O)c3ccc4c(c3)OCO4)CC2)cc(C)c1Cl. The maximum absolute atomic E-state index is 12.8. The van der Waals surface area contributed by atoms with Gasteiger partial charge in [-0.1, -0.05) is 11.6 Å². The molecule has 1 fully saturated rings. The first-order valence-corrected chi connectivity index (χ1v) is 10.7. The number of halogens is 1. The Hall–Kier alpha value is -2.93. The van der Waals surface area contributed by atoms with Crippen LogP contribution in [0.5, 0.6) is 17.2 Å². The molecule has 2 aliphatic rings. The molecule has 0 radical (unpaired) electrons. The summed E-state index contributed by atoms with van der Waals surface area (Å²) < 4.78 is 16.3. The van der Waals surface area contributed by atoms with Gasteiger partial charge >= 0.3 is 0 Å². The zero-order chi connectivity index (χ0) is 22.0. The second kappa shape index (κ2) is 9.06. The largest absolute Gasteiger partial charge is 0.484 e. The number of hydrogen-bond donors (Lipinski definition) is 1. The second-order valence-corrected chi connectivity index (χ2v) is 8.24. The topological polar surface area (TPSA) is 77.1 Å². The first kappa shape index (κ1) is 21.3. The van der Waals surface area contributed by atoms with Crippen molar-refractivity contribution in [2.24, 2.45) is 0 Å². The fourth-order valence-corrected chi connectivity index (χ4v) is 3.96. The summed E-state index contributed by atoms with van der Waals surface area (Å²) in [5.41, 5.74) is 2.40. The van der Waals surface area contributed by atoms with Crippen molar-refractivity contribution in [1.29, 1.82) is 0 Å². The molecule has 0 bridgehead atoms. The number of nitrogens with zero attached hydrogens (tertiary/aromatic N) is 1. The summed E-state index contributed by atoms with van der Waals surface area (Å²) in [6.07, 6.45) is 1.39. The van der Waals surface area contributed by atoms with Crippen LogP contribution in [0.2, 0.25) is 5.02 Å². The second-order valence-electron chi connectivity index (χ2n) is 7.86. The number of amides is 2. The van der Waals surface area contributed by atoms with E-state index in [1.807, 2.05) is 26.0 Å². The van der Waals surface area contributed by atoms with Crippen LogP contribution in [0.3, 0.4) is 0 Å². The number of fused-ring (bicyclic) bond motifs is 1. The quantitative estimate of drug-likeness (QED) is 0.764. The first-order chi connectivity index (χ1) is 14.9. The monoisotopic (exact) mass is 444 g/mol. The van der Waals surface area contributed by atoms with Gasteiger partial charge in [0.25, 0.3) is 11.8 Å². The van der Waals surface area contributed by atoms with Crippen LogP contribution >= 0.6 is 11.6 Å². The number of hydrogen-bond acceptors (Lipinski definition) is 5. The lowest BCUT2D eigenvalue weighted by molar-refractivity contribution is -0.124. The Morgan fingerprint density at radius 3 is 2.48 bits per heavy atom. The number of piperidine rings is 1. The molecule has 0 unspecified atom stereocenters. The average Bonchev–Trinajstić information content (AvgIpc) is 3.24. The standard InChI is InChI=1S/C23H25ClN2O5/c1-14-9-18(10-15(2)22(14)24)29-12-21(27)25-17-5-7-26(8-6-17)23(28)16-3-4-19-20(11-16)31-13-30-19/h3-4,9-11,17H,5-8,12-13H2,1-2H3,(H,25,27). The van der Waals surface area contributed by atoms with Crippen molar-refractivity contribution in [2.75, 3.05) is 26.5 Å². The lowest BCUT2D eigenvalue weighted by Crippen LogP contribution is -2.47. The summed E-state index contributed by atoms with van der Waals surface area (Å²) in [7, 11) is 0. The Balaban J connectivity index is 1.24. The Kier molecular flexibility index (Phi) is 6.23. The van der Waals surface area contributed by atoms with Crippen LogP contribution in [0.15, 0.2) is 30.3 Å². The van der Waals surface area contributed by atoms with Crippen molar-refractivity contribution in [3.63, 3.8) is 0 Å². The lowest BCUT2D eigenvalue weighted by atomic mass is 10.0. The minimum absolute atomic E-state index is 0.0191. The van der Waals surface area contributed by atoms with Crippen molar-refractivity contribution in [1.82, 2.24) is 10.2 Å². The lowest BCUT2D eigenvalue weighted by Gasteiger charge is -2.32. The normalized spacial score (nSPS) is 15.6. The van der Waals surface area contributed by atoms with Gasteiger partial charge in [-0.05, 0) is 68.1 Å². The molecule has 0 atom stereocenters. The summed E-state index contributed by atoms with van der Waals surface area (Å²) in [6, 6.07) is 8.89. The number of aryl methyl sites for hydroxylation is 2. The number of carbonyl (C=O) groups excluding carboxylic acids is 2. The number of carbonyl (C=O) groups is 2. The maximum Gasteiger partial charge on any atom is 0.258 e. The molecule has 2 amide bonds. The van der Waals surface area contributed by atoms with E-state index in [1.165, 1.54) is 0 Å². The summed E-state index contributed by atoms with van der Waals surface area (Å²) in [6.45, 7) is 5.08. The fourth-order valence-electron chi connectivity index (χ4n) is 3.85. The van der Waals surface area contributed by atoms with Crippen LogP contribution in [-0.2, 0) is 4.79 Å². The molecule has 4 rings (SSSR count). The molecule has 1 saturated heterocycles. The number of benzene rings is 2. The minimum atomic E-state index is -0.175. The van der Waals surface area contributed by atoms with Crippen molar-refractivity contribution in [3.05, 3.63) is 52.0 Å². The van der Waals surface area contributed by atoms with E-state index in [4.69, 9.17) is 25.8 Å². The van der Waals surface area contributed by atoms with E-state index in [2.05, 4.69) is 5.32 Å². The van der Waals surface area contributed by atoms with E-state index in [-0.39, 0.29) is 31.3 Å². The molecular formula is C23H25ClN2O5. The minimum Gasteiger partial charge on any atom is -0.484 e. The molecule has 164 valence electrons. The van der Waals surface area contributed by atoms with E-state index in [1.54, 1.807) is 23.1 Å². The average molecular weight is 445 g/mol. The third kappa shape index (κ3) is 4.88. The first-order valence-electron chi connectivity index (χ1n) is 10.3. The molecule has 2 aromatic rings. The number of ether oxygens (including phenoxy) is 3. The van der Waals surface area contributed by atoms with Crippen molar-refractivity contribution >= 4 is 23.4 Å². The molecule has 31 heavy (non-hydrogen) atoms. The number of nitrogens with one attached hydrogen (secondary N) is 1. The molecular weight excluding hydrogens is 420 g/mol. The van der Waals surface area contributed by atoms with E-state index >= 15 is 0 Å². The Morgan fingerprint density at radius 2 is 1.77 bits per heavy atom. The Labute approximate surface area is 186 Å². The van der Waals surface area contributed by atoms with Gasteiger partial charge in [0.15, 0.2) is 18.1 Å². The van der Waals surface area contributed by atoms with E-state index < -0.39 is 0 Å². The van der Waals surface area contributed by atoms with Gasteiger partial charge in [0.1, 0.15) is 5.75 Å². The molecule has 2 heterocycles. The molecule has 2 aromatic carbocycles. The highest BCUT2D eigenvalue weighted by molar-refractivity contribution is 6.32. The summed E-state index contributed by atoms with van der Waals surface area (Å²) >= 11 is 6.16. The molecule has 2 aliphatic heterocycles. The number of rotatable bonds is 5. The summed E-state index contributed by atoms with van der Waals surface area (Å²) in [5.74, 6) is 1.66.